The van der Waals surface area contributed by atoms with Gasteiger partial charge in [-0.2, -0.15) is 5.26 Å². The summed E-state index contributed by atoms with van der Waals surface area (Å²) >= 11 is 0. The highest BCUT2D eigenvalue weighted by molar-refractivity contribution is 5.98. The molecule has 1 atom stereocenters. The van der Waals surface area contributed by atoms with E-state index in [1.165, 1.54) is 4.90 Å². The van der Waals surface area contributed by atoms with Crippen molar-refractivity contribution in [2.45, 2.75) is 6.10 Å². The zero-order valence-electron chi connectivity index (χ0n) is 10.4. The lowest BCUT2D eigenvalue weighted by Crippen LogP contribution is -2.45. The van der Waals surface area contributed by atoms with Crippen LogP contribution in [0.3, 0.4) is 0 Å². The summed E-state index contributed by atoms with van der Waals surface area (Å²) in [5.41, 5.74) is 0.154. The highest BCUT2D eigenvalue weighted by atomic mass is 19.1. The van der Waals surface area contributed by atoms with E-state index in [-0.39, 0.29) is 18.0 Å². The molecule has 0 saturated carbocycles. The molecule has 0 bridgehead atoms. The summed E-state index contributed by atoms with van der Waals surface area (Å²) in [7, 11) is 1.61. The lowest BCUT2D eigenvalue weighted by molar-refractivity contribution is 0.00348. The van der Waals surface area contributed by atoms with Gasteiger partial charge in [0, 0.05) is 13.6 Å². The fourth-order valence-electron chi connectivity index (χ4n) is 1.88. The molecule has 1 saturated heterocycles. The van der Waals surface area contributed by atoms with Crippen LogP contribution in [0.4, 0.5) is 10.2 Å². The molecule has 0 aromatic carbocycles. The average Bonchev–Trinajstić information content (AvgIpc) is 2.46. The summed E-state index contributed by atoms with van der Waals surface area (Å²) in [4.78, 5) is 17.6. The normalized spacial score (nSPS) is 18.8. The van der Waals surface area contributed by atoms with Crippen molar-refractivity contribution in [2.75, 3.05) is 32.1 Å². The van der Waals surface area contributed by atoms with Gasteiger partial charge in [0.05, 0.1) is 31.0 Å². The molecule has 1 aromatic heterocycles. The van der Waals surface area contributed by atoms with E-state index < -0.39 is 11.9 Å². The van der Waals surface area contributed by atoms with Crippen molar-refractivity contribution in [1.82, 2.24) is 9.88 Å². The van der Waals surface area contributed by atoms with Gasteiger partial charge in [0.25, 0.3) is 5.91 Å². The van der Waals surface area contributed by atoms with Crippen LogP contribution in [0.15, 0.2) is 12.3 Å². The highest BCUT2D eigenvalue weighted by Gasteiger charge is 2.26. The van der Waals surface area contributed by atoms with Gasteiger partial charge in [0.2, 0.25) is 0 Å². The van der Waals surface area contributed by atoms with Crippen LogP contribution in [0.2, 0.25) is 0 Å². The van der Waals surface area contributed by atoms with Gasteiger partial charge in [-0.25, -0.2) is 9.37 Å². The quantitative estimate of drug-likeness (QED) is 0.847. The number of carbonyl (C=O) groups excluding carboxylic acids is 1. The Bertz CT molecular complexity index is 529. The van der Waals surface area contributed by atoms with E-state index >= 15 is 0 Å². The van der Waals surface area contributed by atoms with Crippen LogP contribution in [0.5, 0.6) is 0 Å². The number of carbonyl (C=O) groups is 1. The maximum absolute atomic E-state index is 13.2. The second-order valence-corrected chi connectivity index (χ2v) is 4.04. The Balaban J connectivity index is 2.24. The minimum Gasteiger partial charge on any atom is -0.372 e. The number of nitrogens with zero attached hydrogens (tertiary/aromatic N) is 3. The van der Waals surface area contributed by atoms with Gasteiger partial charge in [0.15, 0.2) is 6.10 Å². The molecule has 6 nitrogen and oxygen atoms in total. The van der Waals surface area contributed by atoms with Gasteiger partial charge in [-0.15, -0.1) is 0 Å². The van der Waals surface area contributed by atoms with Gasteiger partial charge in [-0.3, -0.25) is 4.79 Å². The SMILES string of the molecule is CNc1ncc(F)cc1C(=O)N1CCOC(C#N)C1. The molecule has 0 spiro atoms. The van der Waals surface area contributed by atoms with Gasteiger partial charge < -0.3 is 15.0 Å². The van der Waals surface area contributed by atoms with Crippen LogP contribution in [0, 0.1) is 17.1 Å². The molecule has 100 valence electrons. The van der Waals surface area contributed by atoms with Crippen molar-refractivity contribution in [3.8, 4) is 6.07 Å². The second-order valence-electron chi connectivity index (χ2n) is 4.04. The third kappa shape index (κ3) is 2.80. The third-order valence-corrected chi connectivity index (χ3v) is 2.82. The summed E-state index contributed by atoms with van der Waals surface area (Å²) in [5.74, 6) is -0.626. The average molecular weight is 264 g/mol. The number of hydrogen-bond acceptors (Lipinski definition) is 5. The largest absolute Gasteiger partial charge is 0.372 e. The highest BCUT2D eigenvalue weighted by Crippen LogP contribution is 2.17. The number of rotatable bonds is 2. The first-order valence-electron chi connectivity index (χ1n) is 5.79. The van der Waals surface area contributed by atoms with Gasteiger partial charge in [-0.05, 0) is 6.07 Å². The van der Waals surface area contributed by atoms with E-state index in [9.17, 15) is 9.18 Å². The van der Waals surface area contributed by atoms with Gasteiger partial charge in [-0.1, -0.05) is 0 Å². The molecular formula is C12H13FN4O2. The first-order valence-corrected chi connectivity index (χ1v) is 5.79. The number of aromatic nitrogens is 1. The number of morpholine rings is 1. The predicted molar refractivity (Wildman–Crippen MR) is 65.0 cm³/mol. The fourth-order valence-corrected chi connectivity index (χ4v) is 1.88. The first kappa shape index (κ1) is 13.2. The molecule has 2 rings (SSSR count). The van der Waals surface area contributed by atoms with Gasteiger partial charge >= 0.3 is 0 Å². The summed E-state index contributed by atoms with van der Waals surface area (Å²) in [6.07, 6.45) is 0.400. The van der Waals surface area contributed by atoms with Crippen molar-refractivity contribution in [2.24, 2.45) is 0 Å². The summed E-state index contributed by atoms with van der Waals surface area (Å²) in [6.45, 7) is 0.841. The summed E-state index contributed by atoms with van der Waals surface area (Å²) in [5, 5.41) is 11.6. The molecule has 1 amide bonds. The number of anilines is 1. The number of amides is 1. The number of pyridine rings is 1. The Hall–Kier alpha value is -2.20. The zero-order valence-corrected chi connectivity index (χ0v) is 10.4. The zero-order chi connectivity index (χ0) is 13.8. The van der Waals surface area contributed by atoms with Crippen molar-refractivity contribution < 1.29 is 13.9 Å². The third-order valence-electron chi connectivity index (χ3n) is 2.82. The van der Waals surface area contributed by atoms with E-state index in [0.717, 1.165) is 12.3 Å². The van der Waals surface area contributed by atoms with Crippen molar-refractivity contribution >= 4 is 11.7 Å². The van der Waals surface area contributed by atoms with Crippen LogP contribution in [0.1, 0.15) is 10.4 Å². The van der Waals surface area contributed by atoms with Gasteiger partial charge in [0.1, 0.15) is 11.6 Å². The first-order chi connectivity index (χ1) is 9.15. The van der Waals surface area contributed by atoms with E-state index in [1.807, 2.05) is 6.07 Å². The maximum Gasteiger partial charge on any atom is 0.257 e. The summed E-state index contributed by atoms with van der Waals surface area (Å²) < 4.78 is 18.4. The molecule has 0 aliphatic carbocycles. The molecular weight excluding hydrogens is 251 g/mol. The van der Waals surface area contributed by atoms with Crippen LogP contribution >= 0.6 is 0 Å². The van der Waals surface area contributed by atoms with E-state index in [4.69, 9.17) is 10.00 Å². The minimum absolute atomic E-state index is 0.154. The smallest absolute Gasteiger partial charge is 0.257 e. The number of hydrogen-bond donors (Lipinski definition) is 1. The van der Waals surface area contributed by atoms with Crippen LogP contribution < -0.4 is 5.32 Å². The number of ether oxygens (including phenoxy) is 1. The van der Waals surface area contributed by atoms with Crippen LogP contribution in [0.25, 0.3) is 0 Å². The summed E-state index contributed by atoms with van der Waals surface area (Å²) in [6, 6.07) is 3.10. The Morgan fingerprint density at radius 3 is 3.21 bits per heavy atom. The Kier molecular flexibility index (Phi) is 3.92. The minimum atomic E-state index is -0.641. The monoisotopic (exact) mass is 264 g/mol. The Morgan fingerprint density at radius 2 is 2.53 bits per heavy atom. The molecule has 1 aliphatic heterocycles. The molecule has 19 heavy (non-hydrogen) atoms. The molecule has 0 radical (unpaired) electrons. The topological polar surface area (TPSA) is 78.2 Å². The Labute approximate surface area is 109 Å². The molecule has 7 heteroatoms. The number of nitrogens with one attached hydrogen (secondary N) is 1. The Morgan fingerprint density at radius 1 is 1.74 bits per heavy atom. The van der Waals surface area contributed by atoms with Crippen LogP contribution in [-0.2, 0) is 4.74 Å². The van der Waals surface area contributed by atoms with Crippen molar-refractivity contribution in [1.29, 1.82) is 5.26 Å². The van der Waals surface area contributed by atoms with Crippen molar-refractivity contribution in [3.63, 3.8) is 0 Å². The standard InChI is InChI=1S/C12H13FN4O2/c1-15-11-10(4-8(13)6-16-11)12(18)17-2-3-19-9(5-14)7-17/h4,6,9H,2-3,7H2,1H3,(H,15,16). The molecule has 1 N–H and O–H groups in total. The van der Waals surface area contributed by atoms with E-state index in [2.05, 4.69) is 10.3 Å². The maximum atomic E-state index is 13.2. The molecule has 2 heterocycles. The molecule has 1 aromatic rings. The fraction of sp³-hybridized carbons (Fsp3) is 0.417. The van der Waals surface area contributed by atoms with Crippen molar-refractivity contribution in [3.05, 3.63) is 23.6 Å². The number of halogens is 1. The predicted octanol–water partition coefficient (Wildman–Crippen LogP) is 0.627. The molecule has 1 unspecified atom stereocenters. The van der Waals surface area contributed by atoms with E-state index in [0.29, 0.717) is 19.0 Å². The lowest BCUT2D eigenvalue weighted by Gasteiger charge is -2.30. The molecule has 1 aliphatic rings. The second kappa shape index (κ2) is 5.63. The van der Waals surface area contributed by atoms with E-state index in [1.54, 1.807) is 7.05 Å². The van der Waals surface area contributed by atoms with Crippen LogP contribution in [-0.4, -0.2) is 48.6 Å². The number of nitriles is 1. The lowest BCUT2D eigenvalue weighted by atomic mass is 10.2. The molecule has 1 fully saturated rings.